The summed E-state index contributed by atoms with van der Waals surface area (Å²) in [5.41, 5.74) is 0.0943. The summed E-state index contributed by atoms with van der Waals surface area (Å²) in [6.07, 6.45) is -0.373. The lowest BCUT2D eigenvalue weighted by atomic mass is 9.27. The number of ketones is 1. The van der Waals surface area contributed by atoms with Crippen molar-refractivity contribution in [3.05, 3.63) is 0 Å². The van der Waals surface area contributed by atoms with Gasteiger partial charge < -0.3 is 4.79 Å². The van der Waals surface area contributed by atoms with E-state index >= 15 is 0 Å². The molecule has 0 fully saturated rings. The predicted molar refractivity (Wildman–Crippen MR) is 48.3 cm³/mol. The van der Waals surface area contributed by atoms with Gasteiger partial charge in [-0.1, -0.05) is 6.92 Å². The second kappa shape index (κ2) is 3.70. The summed E-state index contributed by atoms with van der Waals surface area (Å²) in [5, 5.41) is 0. The third-order valence-electron chi connectivity index (χ3n) is 1.73. The molecule has 3 heteroatoms. The van der Waals surface area contributed by atoms with Crippen molar-refractivity contribution in [1.29, 1.82) is 0 Å². The Kier molecular flexibility index (Phi) is 3.50. The molecular formula is C8H16BO2-. The lowest BCUT2D eigenvalue weighted by molar-refractivity contribution is -0.123. The Hall–Kier alpha value is -0.595. The Morgan fingerprint density at radius 1 is 1.18 bits per heavy atom. The first-order chi connectivity index (χ1) is 4.88. The van der Waals surface area contributed by atoms with Crippen molar-refractivity contribution in [2.45, 2.75) is 40.2 Å². The first-order valence-corrected chi connectivity index (χ1v) is 4.20. The van der Waals surface area contributed by atoms with Crippen LogP contribution in [0, 0.1) is 0 Å². The normalized spacial score (nSPS) is 11.3. The van der Waals surface area contributed by atoms with Gasteiger partial charge in [0.1, 0.15) is 5.78 Å². The average Bonchev–Trinajstić information content (AvgIpc) is 1.85. The fourth-order valence-corrected chi connectivity index (χ4v) is 0.626. The zero-order valence-corrected chi connectivity index (χ0v) is 7.81. The highest BCUT2D eigenvalue weighted by atomic mass is 16.1. The molecule has 0 heterocycles. The molecule has 11 heavy (non-hydrogen) atoms. The van der Waals surface area contributed by atoms with Crippen LogP contribution in [0.1, 0.15) is 19.8 Å². The number of carbonyl (C=O) groups is 2. The average molecular weight is 155 g/mol. The number of rotatable bonds is 4. The molecule has 2 nitrogen and oxygen atoms in total. The molecule has 0 rings (SSSR count). The second-order valence-corrected chi connectivity index (χ2v) is 4.13. The van der Waals surface area contributed by atoms with Gasteiger partial charge in [-0.25, -0.2) is 0 Å². The van der Waals surface area contributed by atoms with Crippen molar-refractivity contribution in [2.24, 2.45) is 0 Å². The molecule has 64 valence electrons. The third kappa shape index (κ3) is 3.96. The van der Waals surface area contributed by atoms with E-state index < -0.39 is 6.15 Å². The van der Waals surface area contributed by atoms with Crippen LogP contribution >= 0.6 is 0 Å². The summed E-state index contributed by atoms with van der Waals surface area (Å²) in [7, 11) is 0. The van der Waals surface area contributed by atoms with Crippen LogP contribution in [0.3, 0.4) is 0 Å². The van der Waals surface area contributed by atoms with Crippen LogP contribution in [0.25, 0.3) is 0 Å². The molecule has 0 aliphatic rings. The molecule has 0 saturated heterocycles. The van der Waals surface area contributed by atoms with Gasteiger partial charge in [-0.15, -0.1) is 0 Å². The lowest BCUT2D eigenvalue weighted by Crippen LogP contribution is -2.34. The highest BCUT2D eigenvalue weighted by molar-refractivity contribution is 7.03. The molecule has 0 aliphatic carbocycles. The van der Waals surface area contributed by atoms with Crippen LogP contribution in [-0.2, 0) is 9.59 Å². The van der Waals surface area contributed by atoms with Gasteiger partial charge in [0.05, 0.1) is 6.15 Å². The highest BCUT2D eigenvalue weighted by Crippen LogP contribution is 2.06. The molecular weight excluding hydrogens is 139 g/mol. The van der Waals surface area contributed by atoms with Crippen LogP contribution < -0.4 is 0 Å². The first-order valence-electron chi connectivity index (χ1n) is 4.20. The minimum Gasteiger partial charge on any atom is -0.346 e. The van der Waals surface area contributed by atoms with E-state index in [0.29, 0.717) is 6.42 Å². The van der Waals surface area contributed by atoms with Crippen molar-refractivity contribution < 1.29 is 9.59 Å². The molecule has 0 atom stereocenters. The molecule has 0 aromatic heterocycles. The van der Waals surface area contributed by atoms with Crippen molar-refractivity contribution in [3.63, 3.8) is 0 Å². The van der Waals surface area contributed by atoms with Gasteiger partial charge in [0.2, 0.25) is 0 Å². The summed E-state index contributed by atoms with van der Waals surface area (Å²) in [5.74, 6) is 0.0480. The van der Waals surface area contributed by atoms with Crippen molar-refractivity contribution in [1.82, 2.24) is 0 Å². The summed E-state index contributed by atoms with van der Waals surface area (Å²) in [6, 6.07) is 0. The van der Waals surface area contributed by atoms with E-state index in [9.17, 15) is 9.59 Å². The van der Waals surface area contributed by atoms with Gasteiger partial charge in [0.25, 0.3) is 0 Å². The van der Waals surface area contributed by atoms with E-state index in [-0.39, 0.29) is 17.9 Å². The lowest BCUT2D eigenvalue weighted by Gasteiger charge is -2.21. The van der Waals surface area contributed by atoms with Crippen molar-refractivity contribution in [2.75, 3.05) is 0 Å². The summed E-state index contributed by atoms with van der Waals surface area (Å²) in [4.78, 5) is 22.1. The molecule has 0 bridgehead atoms. The van der Waals surface area contributed by atoms with Gasteiger partial charge in [0.15, 0.2) is 0 Å². The van der Waals surface area contributed by atoms with Gasteiger partial charge in [-0.2, -0.15) is 20.5 Å². The van der Waals surface area contributed by atoms with Crippen LogP contribution in [-0.4, -0.2) is 17.6 Å². The number of Topliss-reactive ketones (excluding diaryl/α,β-unsaturated/α-hetero) is 1. The Morgan fingerprint density at radius 2 is 1.64 bits per heavy atom. The van der Waals surface area contributed by atoms with Gasteiger partial charge in [-0.3, -0.25) is 4.79 Å². The molecule has 0 unspecified atom stereocenters. The Balaban J connectivity index is 3.99. The monoisotopic (exact) mass is 155 g/mol. The SMILES string of the molecule is CCC(=O)CC(=O)[B-](C)(C)C. The molecule has 0 N–H and O–H groups in total. The molecule has 0 spiro atoms. The summed E-state index contributed by atoms with van der Waals surface area (Å²) < 4.78 is 0. The number of hydrogen-bond acceptors (Lipinski definition) is 2. The van der Waals surface area contributed by atoms with Crippen molar-refractivity contribution in [3.8, 4) is 0 Å². The van der Waals surface area contributed by atoms with E-state index in [1.807, 2.05) is 20.5 Å². The maximum atomic E-state index is 11.2. The Morgan fingerprint density at radius 3 is 1.91 bits per heavy atom. The standard InChI is InChI=1S/C8H16BO2/c1-5-7(10)6-8(11)9(2,3)4/h5-6H2,1-4H3/q-1. The number of hydrogen-bond donors (Lipinski definition) is 0. The first kappa shape index (κ1) is 10.4. The van der Waals surface area contributed by atoms with Crippen LogP contribution in [0.2, 0.25) is 20.5 Å². The van der Waals surface area contributed by atoms with E-state index in [1.165, 1.54) is 0 Å². The molecule has 0 aliphatic heterocycles. The number of carbonyl (C=O) groups excluding carboxylic acids is 2. The van der Waals surface area contributed by atoms with E-state index in [0.717, 1.165) is 0 Å². The molecule has 0 radical (unpaired) electrons. The second-order valence-electron chi connectivity index (χ2n) is 4.13. The zero-order valence-electron chi connectivity index (χ0n) is 7.81. The van der Waals surface area contributed by atoms with E-state index in [2.05, 4.69) is 0 Å². The molecule has 0 saturated carbocycles. The Bertz CT molecular complexity index is 167. The van der Waals surface area contributed by atoms with Crippen molar-refractivity contribution >= 4 is 17.6 Å². The molecule has 0 amide bonds. The maximum absolute atomic E-state index is 11.2. The smallest absolute Gasteiger partial charge is 0.136 e. The van der Waals surface area contributed by atoms with Crippen LogP contribution in [0.5, 0.6) is 0 Å². The van der Waals surface area contributed by atoms with Gasteiger partial charge in [0, 0.05) is 12.8 Å². The minimum atomic E-state index is -0.968. The predicted octanol–water partition coefficient (Wildman–Crippen LogP) is 1.80. The summed E-state index contributed by atoms with van der Waals surface area (Å²) in [6.45, 7) is 7.47. The minimum absolute atomic E-state index is 0.0480. The van der Waals surface area contributed by atoms with E-state index in [1.54, 1.807) is 6.92 Å². The fraction of sp³-hybridized carbons (Fsp3) is 0.750. The quantitative estimate of drug-likeness (QED) is 0.458. The van der Waals surface area contributed by atoms with Crippen LogP contribution in [0.4, 0.5) is 0 Å². The van der Waals surface area contributed by atoms with Crippen LogP contribution in [0.15, 0.2) is 0 Å². The van der Waals surface area contributed by atoms with Gasteiger partial charge >= 0.3 is 0 Å². The molecule has 0 aromatic carbocycles. The summed E-state index contributed by atoms with van der Waals surface area (Å²) >= 11 is 0. The molecule has 0 aromatic rings. The van der Waals surface area contributed by atoms with E-state index in [4.69, 9.17) is 0 Å². The topological polar surface area (TPSA) is 34.1 Å². The zero-order chi connectivity index (χ0) is 9.07. The fourth-order valence-electron chi connectivity index (χ4n) is 0.626. The van der Waals surface area contributed by atoms with Gasteiger partial charge in [-0.05, 0) is 5.68 Å². The maximum Gasteiger partial charge on any atom is 0.136 e. The highest BCUT2D eigenvalue weighted by Gasteiger charge is 2.16. The third-order valence-corrected chi connectivity index (χ3v) is 1.73. The largest absolute Gasteiger partial charge is 0.346 e. The Labute approximate surface area is 68.3 Å².